The average Bonchev–Trinajstić information content (AvgIpc) is 3.08. The lowest BCUT2D eigenvalue weighted by atomic mass is 9.88. The molecule has 2 aromatic carbocycles. The molecule has 0 fully saturated rings. The molecule has 0 radical (unpaired) electrons. The fourth-order valence-electron chi connectivity index (χ4n) is 3.46. The third-order valence-corrected chi connectivity index (χ3v) is 5.95. The van der Waals surface area contributed by atoms with Gasteiger partial charge in [0, 0.05) is 6.26 Å². The molecule has 9 heteroatoms. The molecule has 0 spiro atoms. The fourth-order valence-corrected chi connectivity index (χ4v) is 4.10. The number of aryl methyl sites for hydroxylation is 1. The minimum absolute atomic E-state index is 0.0367. The van der Waals surface area contributed by atoms with Crippen LogP contribution in [0.15, 0.2) is 47.4 Å². The molecule has 28 heavy (non-hydrogen) atoms. The number of carbonyl (C=O) groups is 1. The van der Waals surface area contributed by atoms with Gasteiger partial charge in [0.05, 0.1) is 10.9 Å². The number of rotatable bonds is 5. The Morgan fingerprint density at radius 2 is 2.11 bits per heavy atom. The summed E-state index contributed by atoms with van der Waals surface area (Å²) in [6.45, 7) is -0.250. The van der Waals surface area contributed by atoms with Gasteiger partial charge in [0.25, 0.3) is 5.91 Å². The lowest BCUT2D eigenvalue weighted by molar-refractivity contribution is -0.127. The first-order valence-corrected chi connectivity index (χ1v) is 10.9. The topological polar surface area (TPSA) is 103 Å². The lowest BCUT2D eigenvalue weighted by Gasteiger charge is -2.26. The van der Waals surface area contributed by atoms with Crippen LogP contribution in [-0.4, -0.2) is 42.3 Å². The first-order valence-electron chi connectivity index (χ1n) is 8.98. The molecule has 0 saturated heterocycles. The quantitative estimate of drug-likeness (QED) is 0.695. The van der Waals surface area contributed by atoms with Crippen LogP contribution in [0.5, 0.6) is 0 Å². The van der Waals surface area contributed by atoms with Gasteiger partial charge in [-0.3, -0.25) is 4.79 Å². The first-order chi connectivity index (χ1) is 13.4. The van der Waals surface area contributed by atoms with Gasteiger partial charge in [-0.2, -0.15) is 0 Å². The highest BCUT2D eigenvalue weighted by Crippen LogP contribution is 2.29. The van der Waals surface area contributed by atoms with E-state index in [-0.39, 0.29) is 23.5 Å². The summed E-state index contributed by atoms with van der Waals surface area (Å²) in [5, 5.41) is 10.8. The molecule has 0 saturated carbocycles. The summed E-state index contributed by atoms with van der Waals surface area (Å²) < 4.78 is 23.5. The summed E-state index contributed by atoms with van der Waals surface area (Å²) in [5.74, 6) is -0.273. The van der Waals surface area contributed by atoms with Gasteiger partial charge in [0.2, 0.25) is 0 Å². The van der Waals surface area contributed by atoms with Gasteiger partial charge < -0.3 is 10.2 Å². The van der Waals surface area contributed by atoms with E-state index in [1.807, 2.05) is 18.2 Å². The third kappa shape index (κ3) is 3.70. The van der Waals surface area contributed by atoms with E-state index < -0.39 is 9.84 Å². The molecule has 1 aliphatic rings. The Morgan fingerprint density at radius 3 is 2.93 bits per heavy atom. The summed E-state index contributed by atoms with van der Waals surface area (Å²) in [5.41, 5.74) is 3.27. The second-order valence-electron chi connectivity index (χ2n) is 6.87. The van der Waals surface area contributed by atoms with E-state index in [4.69, 9.17) is 4.84 Å². The summed E-state index contributed by atoms with van der Waals surface area (Å²) in [7, 11) is -3.37. The first kappa shape index (κ1) is 18.4. The van der Waals surface area contributed by atoms with E-state index in [1.165, 1.54) is 17.7 Å². The van der Waals surface area contributed by atoms with Gasteiger partial charge in [0.1, 0.15) is 11.0 Å². The molecule has 0 bridgehead atoms. The summed E-state index contributed by atoms with van der Waals surface area (Å²) in [6, 6.07) is 12.5. The number of benzene rings is 2. The molecule has 1 N–H and O–H groups in total. The molecule has 3 aromatic rings. The minimum atomic E-state index is -3.37. The van der Waals surface area contributed by atoms with E-state index in [1.54, 1.807) is 6.07 Å². The molecule has 1 aliphatic carbocycles. The molecule has 1 aromatic heterocycles. The number of hydrogen-bond donors (Lipinski definition) is 1. The highest BCUT2D eigenvalue weighted by molar-refractivity contribution is 7.90. The van der Waals surface area contributed by atoms with Crippen molar-refractivity contribution in [3.8, 4) is 0 Å². The number of fused-ring (bicyclic) bond motifs is 2. The Hall–Kier alpha value is -2.94. The number of nitrogens with one attached hydrogen (secondary N) is 1. The maximum absolute atomic E-state index is 12.4. The smallest absolute Gasteiger partial charge is 0.261 e. The van der Waals surface area contributed by atoms with Crippen LogP contribution in [0.1, 0.15) is 30.0 Å². The molecular formula is C19H20N4O4S. The van der Waals surface area contributed by atoms with Crippen molar-refractivity contribution in [3.05, 3.63) is 53.6 Å². The normalized spacial score (nSPS) is 16.5. The van der Waals surface area contributed by atoms with Crippen molar-refractivity contribution in [1.82, 2.24) is 20.5 Å². The van der Waals surface area contributed by atoms with Crippen molar-refractivity contribution in [2.75, 3.05) is 12.9 Å². The van der Waals surface area contributed by atoms with Crippen molar-refractivity contribution < 1.29 is 18.0 Å². The molecule has 1 atom stereocenters. The molecule has 1 heterocycles. The summed E-state index contributed by atoms with van der Waals surface area (Å²) in [6.07, 6.45) is 4.04. The number of amides is 1. The fraction of sp³-hybridized carbons (Fsp3) is 0.316. The number of aromatic nitrogens is 3. The molecule has 0 unspecified atom stereocenters. The van der Waals surface area contributed by atoms with Crippen LogP contribution in [0.4, 0.5) is 0 Å². The van der Waals surface area contributed by atoms with E-state index >= 15 is 0 Å². The molecule has 8 nitrogen and oxygen atoms in total. The maximum atomic E-state index is 12.4. The van der Waals surface area contributed by atoms with Crippen LogP contribution in [-0.2, 0) is 21.1 Å². The monoisotopic (exact) mass is 400 g/mol. The number of carbonyl (C=O) groups excluding carboxylic acids is 1. The molecule has 146 valence electrons. The largest absolute Gasteiger partial charge is 0.385 e. The second kappa shape index (κ2) is 7.23. The van der Waals surface area contributed by atoms with Crippen molar-refractivity contribution >= 4 is 26.8 Å². The van der Waals surface area contributed by atoms with Crippen LogP contribution in [0, 0.1) is 0 Å². The molecular weight excluding hydrogens is 380 g/mol. The molecule has 0 aliphatic heterocycles. The standard InChI is InChI=1S/C19H20N4O4S/c1-28(25,26)14-9-10-17-18(11-14)23(22-21-17)27-12-19(24)20-16-8-4-6-13-5-2-3-7-15(13)16/h2-3,5,7,9-11,16H,4,6,8,12H2,1H3,(H,20,24)/t16-/m1/s1. The predicted molar refractivity (Wildman–Crippen MR) is 102 cm³/mol. The Kier molecular flexibility index (Phi) is 4.76. The van der Waals surface area contributed by atoms with Crippen LogP contribution in [0.2, 0.25) is 0 Å². The Balaban J connectivity index is 1.46. The SMILES string of the molecule is CS(=O)(=O)c1ccc2nnn(OCC(=O)N[C@@H]3CCCc4ccccc43)c2c1. The van der Waals surface area contributed by atoms with Crippen LogP contribution >= 0.6 is 0 Å². The zero-order valence-corrected chi connectivity index (χ0v) is 16.1. The second-order valence-corrected chi connectivity index (χ2v) is 8.89. The van der Waals surface area contributed by atoms with Gasteiger partial charge in [-0.15, -0.1) is 5.10 Å². The summed E-state index contributed by atoms with van der Waals surface area (Å²) >= 11 is 0. The highest BCUT2D eigenvalue weighted by Gasteiger charge is 2.22. The van der Waals surface area contributed by atoms with Crippen molar-refractivity contribution in [1.29, 1.82) is 0 Å². The predicted octanol–water partition coefficient (Wildman–Crippen LogP) is 1.46. The van der Waals surface area contributed by atoms with Crippen molar-refractivity contribution in [2.24, 2.45) is 0 Å². The van der Waals surface area contributed by atoms with Crippen LogP contribution in [0.3, 0.4) is 0 Å². The third-order valence-electron chi connectivity index (χ3n) is 4.84. The average molecular weight is 400 g/mol. The van der Waals surface area contributed by atoms with E-state index in [2.05, 4.69) is 21.7 Å². The highest BCUT2D eigenvalue weighted by atomic mass is 32.2. The zero-order chi connectivity index (χ0) is 19.7. The van der Waals surface area contributed by atoms with Gasteiger partial charge in [0.15, 0.2) is 16.4 Å². The number of hydrogen-bond acceptors (Lipinski definition) is 6. The van der Waals surface area contributed by atoms with Gasteiger partial charge in [-0.05, 0) is 53.8 Å². The van der Waals surface area contributed by atoms with Crippen LogP contribution < -0.4 is 10.2 Å². The number of nitrogens with zero attached hydrogens (tertiary/aromatic N) is 3. The molecule has 1 amide bonds. The van der Waals surface area contributed by atoms with E-state index in [0.29, 0.717) is 11.0 Å². The Morgan fingerprint density at radius 1 is 1.29 bits per heavy atom. The van der Waals surface area contributed by atoms with Gasteiger partial charge >= 0.3 is 0 Å². The Labute approximate surface area is 162 Å². The van der Waals surface area contributed by atoms with E-state index in [9.17, 15) is 13.2 Å². The van der Waals surface area contributed by atoms with Gasteiger partial charge in [-0.25, -0.2) is 8.42 Å². The van der Waals surface area contributed by atoms with E-state index in [0.717, 1.165) is 35.9 Å². The number of sulfone groups is 1. The lowest BCUT2D eigenvalue weighted by Crippen LogP contribution is -2.36. The van der Waals surface area contributed by atoms with Crippen molar-refractivity contribution in [3.63, 3.8) is 0 Å². The summed E-state index contributed by atoms with van der Waals surface area (Å²) in [4.78, 5) is 19.1. The maximum Gasteiger partial charge on any atom is 0.261 e. The van der Waals surface area contributed by atoms with Gasteiger partial charge in [-0.1, -0.05) is 29.1 Å². The molecule has 4 rings (SSSR count). The van der Waals surface area contributed by atoms with Crippen LogP contribution in [0.25, 0.3) is 11.0 Å². The zero-order valence-electron chi connectivity index (χ0n) is 15.3. The van der Waals surface area contributed by atoms with Crippen molar-refractivity contribution in [2.45, 2.75) is 30.2 Å². The Bertz CT molecular complexity index is 1140. The minimum Gasteiger partial charge on any atom is -0.385 e.